The Hall–Kier alpha value is -1.30. The number of nitrogens with zero attached hydrogens (tertiary/aromatic N) is 1. The number of amides is 2. The highest BCUT2D eigenvalue weighted by molar-refractivity contribution is 5.75. The van der Waals surface area contributed by atoms with Crippen molar-refractivity contribution >= 4 is 12.0 Å². The predicted molar refractivity (Wildman–Crippen MR) is 80.1 cm³/mol. The summed E-state index contributed by atoms with van der Waals surface area (Å²) in [5.74, 6) is -0.809. The van der Waals surface area contributed by atoms with Crippen LogP contribution >= 0.6 is 0 Å². The van der Waals surface area contributed by atoms with Crippen LogP contribution in [-0.2, 0) is 4.79 Å². The molecule has 0 aromatic heterocycles. The van der Waals surface area contributed by atoms with E-state index < -0.39 is 5.97 Å². The van der Waals surface area contributed by atoms with Crippen molar-refractivity contribution in [3.8, 4) is 0 Å². The third-order valence-electron chi connectivity index (χ3n) is 4.54. The van der Waals surface area contributed by atoms with Gasteiger partial charge in [0.15, 0.2) is 0 Å². The molecule has 1 rings (SSSR count). The summed E-state index contributed by atoms with van der Waals surface area (Å²) in [6.07, 6.45) is 4.51. The van der Waals surface area contributed by atoms with E-state index in [-0.39, 0.29) is 30.5 Å². The summed E-state index contributed by atoms with van der Waals surface area (Å²) in [5.41, 5.74) is -0.277. The first-order chi connectivity index (χ1) is 9.98. The Morgan fingerprint density at radius 2 is 1.90 bits per heavy atom. The van der Waals surface area contributed by atoms with Gasteiger partial charge in [0.05, 0.1) is 13.0 Å². The second kappa shape index (κ2) is 8.22. The molecule has 2 amide bonds. The van der Waals surface area contributed by atoms with E-state index in [1.807, 2.05) is 13.8 Å². The van der Waals surface area contributed by atoms with Gasteiger partial charge in [-0.1, -0.05) is 20.3 Å². The Kier molecular flexibility index (Phi) is 6.95. The van der Waals surface area contributed by atoms with Gasteiger partial charge < -0.3 is 20.4 Å². The lowest BCUT2D eigenvalue weighted by molar-refractivity contribution is -0.141. The molecule has 21 heavy (non-hydrogen) atoms. The first-order valence-electron chi connectivity index (χ1n) is 7.85. The van der Waals surface area contributed by atoms with Crippen LogP contribution in [0.25, 0.3) is 0 Å². The first-order valence-corrected chi connectivity index (χ1v) is 7.85. The van der Waals surface area contributed by atoms with Gasteiger partial charge in [0.1, 0.15) is 0 Å². The van der Waals surface area contributed by atoms with Gasteiger partial charge in [-0.3, -0.25) is 4.79 Å². The largest absolute Gasteiger partial charge is 0.481 e. The number of aliphatic hydroxyl groups is 1. The highest BCUT2D eigenvalue weighted by Crippen LogP contribution is 2.43. The summed E-state index contributed by atoms with van der Waals surface area (Å²) in [5, 5.41) is 21.0. The average molecular weight is 300 g/mol. The van der Waals surface area contributed by atoms with Crippen molar-refractivity contribution in [3.63, 3.8) is 0 Å². The molecule has 0 radical (unpaired) electrons. The van der Waals surface area contributed by atoms with E-state index in [9.17, 15) is 9.59 Å². The fourth-order valence-electron chi connectivity index (χ4n) is 3.07. The molecule has 0 aliphatic heterocycles. The lowest BCUT2D eigenvalue weighted by Crippen LogP contribution is -2.51. The third kappa shape index (κ3) is 4.88. The maximum absolute atomic E-state index is 12.3. The number of aliphatic hydroxyl groups excluding tert-OH is 1. The van der Waals surface area contributed by atoms with Crippen molar-refractivity contribution in [2.45, 2.75) is 58.4 Å². The van der Waals surface area contributed by atoms with Crippen LogP contribution in [0, 0.1) is 5.41 Å². The van der Waals surface area contributed by atoms with Crippen LogP contribution < -0.4 is 5.32 Å². The summed E-state index contributed by atoms with van der Waals surface area (Å²) in [6.45, 7) is 4.68. The maximum Gasteiger partial charge on any atom is 0.317 e. The zero-order chi connectivity index (χ0) is 15.9. The zero-order valence-corrected chi connectivity index (χ0v) is 13.1. The predicted octanol–water partition coefficient (Wildman–Crippen LogP) is 1.82. The number of hydrogen-bond acceptors (Lipinski definition) is 3. The monoisotopic (exact) mass is 300 g/mol. The van der Waals surface area contributed by atoms with Gasteiger partial charge in [0.25, 0.3) is 0 Å². The van der Waals surface area contributed by atoms with Crippen molar-refractivity contribution in [2.75, 3.05) is 19.7 Å². The summed E-state index contributed by atoms with van der Waals surface area (Å²) in [7, 11) is 0. The van der Waals surface area contributed by atoms with Crippen LogP contribution in [0.5, 0.6) is 0 Å². The molecule has 1 saturated carbocycles. The molecular weight excluding hydrogens is 272 g/mol. The van der Waals surface area contributed by atoms with E-state index in [1.165, 1.54) is 0 Å². The first kappa shape index (κ1) is 17.8. The topological polar surface area (TPSA) is 89.9 Å². The number of carbonyl (C=O) groups excluding carboxylic acids is 1. The number of rotatable bonds is 9. The smallest absolute Gasteiger partial charge is 0.317 e. The summed E-state index contributed by atoms with van der Waals surface area (Å²) >= 11 is 0. The molecule has 1 aliphatic rings. The normalized spacial score (nSPS) is 16.4. The van der Waals surface area contributed by atoms with Crippen LogP contribution in [0.4, 0.5) is 4.79 Å². The molecule has 122 valence electrons. The number of carbonyl (C=O) groups is 2. The number of hydrogen-bond donors (Lipinski definition) is 3. The van der Waals surface area contributed by atoms with E-state index in [4.69, 9.17) is 10.2 Å². The van der Waals surface area contributed by atoms with Crippen LogP contribution in [0.1, 0.15) is 52.4 Å². The van der Waals surface area contributed by atoms with Gasteiger partial charge in [-0.05, 0) is 31.1 Å². The van der Waals surface area contributed by atoms with E-state index in [0.717, 1.165) is 32.1 Å². The molecule has 1 fully saturated rings. The van der Waals surface area contributed by atoms with Gasteiger partial charge in [0, 0.05) is 19.1 Å². The molecule has 6 heteroatoms. The van der Waals surface area contributed by atoms with Crippen LogP contribution in [0.3, 0.4) is 0 Å². The molecule has 3 N–H and O–H groups in total. The summed E-state index contributed by atoms with van der Waals surface area (Å²) < 4.78 is 0. The average Bonchev–Trinajstić information content (AvgIpc) is 2.41. The minimum Gasteiger partial charge on any atom is -0.481 e. The molecule has 0 saturated heterocycles. The van der Waals surface area contributed by atoms with E-state index in [1.54, 1.807) is 4.90 Å². The van der Waals surface area contributed by atoms with Gasteiger partial charge >= 0.3 is 12.0 Å². The van der Waals surface area contributed by atoms with E-state index in [2.05, 4.69) is 5.32 Å². The Morgan fingerprint density at radius 1 is 1.29 bits per heavy atom. The van der Waals surface area contributed by atoms with Crippen LogP contribution in [-0.4, -0.2) is 52.9 Å². The fraction of sp³-hybridized carbons (Fsp3) is 0.867. The maximum atomic E-state index is 12.3. The zero-order valence-electron chi connectivity index (χ0n) is 13.1. The molecule has 0 aromatic rings. The second-order valence-electron chi connectivity index (χ2n) is 5.97. The molecular formula is C15H28N2O4. The number of nitrogens with one attached hydrogen (secondary N) is 1. The Bertz CT molecular complexity index is 352. The van der Waals surface area contributed by atoms with E-state index in [0.29, 0.717) is 13.1 Å². The minimum absolute atomic E-state index is 0.0653. The molecule has 0 heterocycles. The number of aliphatic carboxylic acids is 1. The molecule has 6 nitrogen and oxygen atoms in total. The Labute approximate surface area is 126 Å². The summed E-state index contributed by atoms with van der Waals surface area (Å²) in [4.78, 5) is 24.9. The summed E-state index contributed by atoms with van der Waals surface area (Å²) in [6, 6.07) is -0.0941. The van der Waals surface area contributed by atoms with E-state index >= 15 is 0 Å². The molecule has 0 bridgehead atoms. The Morgan fingerprint density at radius 3 is 2.29 bits per heavy atom. The fourth-order valence-corrected chi connectivity index (χ4v) is 3.07. The molecule has 1 aliphatic carbocycles. The van der Waals surface area contributed by atoms with Gasteiger partial charge in [0.2, 0.25) is 0 Å². The van der Waals surface area contributed by atoms with Crippen molar-refractivity contribution in [1.29, 1.82) is 0 Å². The standard InChI is InChI=1S/C15H28N2O4/c1-3-12(4-2)17(8-9-18)14(21)16-11-15(6-5-7-15)10-13(19)20/h12,18H,3-11H2,1-2H3,(H,16,21)(H,19,20). The van der Waals surface area contributed by atoms with Crippen LogP contribution in [0.2, 0.25) is 0 Å². The number of carboxylic acids is 1. The van der Waals surface area contributed by atoms with Crippen molar-refractivity contribution in [3.05, 3.63) is 0 Å². The quantitative estimate of drug-likeness (QED) is 0.606. The van der Waals surface area contributed by atoms with Gasteiger partial charge in [-0.15, -0.1) is 0 Å². The van der Waals surface area contributed by atoms with Crippen molar-refractivity contribution < 1.29 is 19.8 Å². The highest BCUT2D eigenvalue weighted by atomic mass is 16.4. The number of urea groups is 1. The van der Waals surface area contributed by atoms with Crippen molar-refractivity contribution in [1.82, 2.24) is 10.2 Å². The molecule has 0 atom stereocenters. The lowest BCUT2D eigenvalue weighted by Gasteiger charge is -2.41. The molecule has 0 spiro atoms. The lowest BCUT2D eigenvalue weighted by atomic mass is 9.66. The number of carboxylic acid groups (broad SMARTS) is 1. The van der Waals surface area contributed by atoms with Crippen molar-refractivity contribution in [2.24, 2.45) is 5.41 Å². The van der Waals surface area contributed by atoms with Gasteiger partial charge in [-0.2, -0.15) is 0 Å². The highest BCUT2D eigenvalue weighted by Gasteiger charge is 2.39. The SMILES string of the molecule is CCC(CC)N(CCO)C(=O)NCC1(CC(=O)O)CCC1. The Balaban J connectivity index is 2.58. The molecule has 0 unspecified atom stereocenters. The van der Waals surface area contributed by atoms with Crippen LogP contribution in [0.15, 0.2) is 0 Å². The second-order valence-corrected chi connectivity index (χ2v) is 5.97. The molecule has 0 aromatic carbocycles. The minimum atomic E-state index is -0.809. The van der Waals surface area contributed by atoms with Gasteiger partial charge in [-0.25, -0.2) is 4.79 Å². The third-order valence-corrected chi connectivity index (χ3v) is 4.54.